The fourth-order valence-electron chi connectivity index (χ4n) is 1.86. The predicted octanol–water partition coefficient (Wildman–Crippen LogP) is 1.83. The SMILES string of the molecule is CCCNC(=O)[C@H](C)OC(=O)c1ccc(S(=O)(=O)N[C@@H](C)CC)cc1. The highest BCUT2D eigenvalue weighted by atomic mass is 32.2. The molecule has 140 valence electrons. The molecule has 0 aromatic heterocycles. The largest absolute Gasteiger partial charge is 0.449 e. The van der Waals surface area contributed by atoms with Gasteiger partial charge in [-0.15, -0.1) is 0 Å². The Bertz CT molecular complexity index is 685. The standard InChI is InChI=1S/C17H26N2O5S/c1-5-11-18-16(20)13(4)24-17(21)14-7-9-15(10-8-14)25(22,23)19-12(3)6-2/h7-10,12-13,19H,5-6,11H2,1-4H3,(H,18,20)/t12-,13-/m0/s1. The third-order valence-corrected chi connectivity index (χ3v) is 5.18. The number of hydrogen-bond donors (Lipinski definition) is 2. The van der Waals surface area contributed by atoms with Crippen molar-refractivity contribution in [2.75, 3.05) is 6.54 Å². The molecule has 1 amide bonds. The molecule has 0 aliphatic rings. The highest BCUT2D eigenvalue weighted by Crippen LogP contribution is 2.13. The van der Waals surface area contributed by atoms with Gasteiger partial charge in [0.2, 0.25) is 10.0 Å². The van der Waals surface area contributed by atoms with Crippen LogP contribution < -0.4 is 10.0 Å². The summed E-state index contributed by atoms with van der Waals surface area (Å²) in [6.45, 7) is 7.56. The highest BCUT2D eigenvalue weighted by molar-refractivity contribution is 7.89. The zero-order valence-corrected chi connectivity index (χ0v) is 15.9. The maximum atomic E-state index is 12.2. The predicted molar refractivity (Wildman–Crippen MR) is 94.7 cm³/mol. The van der Waals surface area contributed by atoms with Crippen LogP contribution in [-0.4, -0.2) is 39.0 Å². The van der Waals surface area contributed by atoms with Crippen molar-refractivity contribution in [1.82, 2.24) is 10.0 Å². The van der Waals surface area contributed by atoms with Crippen molar-refractivity contribution in [2.45, 2.75) is 57.6 Å². The number of amides is 1. The minimum Gasteiger partial charge on any atom is -0.449 e. The second kappa shape index (κ2) is 9.53. The van der Waals surface area contributed by atoms with Gasteiger partial charge in [0.15, 0.2) is 6.10 Å². The molecule has 0 saturated carbocycles. The zero-order chi connectivity index (χ0) is 19.0. The lowest BCUT2D eigenvalue weighted by atomic mass is 10.2. The lowest BCUT2D eigenvalue weighted by Gasteiger charge is -2.14. The van der Waals surface area contributed by atoms with Crippen LogP contribution in [-0.2, 0) is 19.6 Å². The van der Waals surface area contributed by atoms with Gasteiger partial charge in [0.05, 0.1) is 10.5 Å². The maximum Gasteiger partial charge on any atom is 0.338 e. The minimum absolute atomic E-state index is 0.0677. The quantitative estimate of drug-likeness (QED) is 0.646. The van der Waals surface area contributed by atoms with Crippen LogP contribution in [0, 0.1) is 0 Å². The molecule has 0 heterocycles. The number of nitrogens with one attached hydrogen (secondary N) is 2. The van der Waals surface area contributed by atoms with Crippen LogP contribution in [0.3, 0.4) is 0 Å². The van der Waals surface area contributed by atoms with Crippen molar-refractivity contribution in [3.8, 4) is 0 Å². The first-order chi connectivity index (χ1) is 11.7. The van der Waals surface area contributed by atoms with E-state index < -0.39 is 22.1 Å². The van der Waals surface area contributed by atoms with E-state index in [2.05, 4.69) is 10.0 Å². The molecule has 8 heteroatoms. The Hall–Kier alpha value is -1.93. The molecule has 0 aliphatic heterocycles. The summed E-state index contributed by atoms with van der Waals surface area (Å²) in [6, 6.07) is 5.22. The molecular formula is C17H26N2O5S. The van der Waals surface area contributed by atoms with Crippen molar-refractivity contribution in [1.29, 1.82) is 0 Å². The number of ether oxygens (including phenoxy) is 1. The number of hydrogen-bond acceptors (Lipinski definition) is 5. The van der Waals surface area contributed by atoms with Gasteiger partial charge >= 0.3 is 5.97 Å². The first-order valence-electron chi connectivity index (χ1n) is 8.32. The summed E-state index contributed by atoms with van der Waals surface area (Å²) in [4.78, 5) is 23.8. The summed E-state index contributed by atoms with van der Waals surface area (Å²) in [5.74, 6) is -1.05. The Morgan fingerprint density at radius 2 is 1.72 bits per heavy atom. The number of sulfonamides is 1. The molecule has 2 N–H and O–H groups in total. The average Bonchev–Trinajstić information content (AvgIpc) is 2.59. The van der Waals surface area contributed by atoms with Gasteiger partial charge in [-0.1, -0.05) is 13.8 Å². The average molecular weight is 370 g/mol. The van der Waals surface area contributed by atoms with E-state index in [0.29, 0.717) is 13.0 Å². The second-order valence-corrected chi connectivity index (χ2v) is 7.51. The molecule has 0 bridgehead atoms. The minimum atomic E-state index is -3.63. The third-order valence-electron chi connectivity index (χ3n) is 3.57. The molecule has 2 atom stereocenters. The van der Waals surface area contributed by atoms with Gasteiger partial charge in [-0.25, -0.2) is 17.9 Å². The van der Waals surface area contributed by atoms with Crippen LogP contribution in [0.2, 0.25) is 0 Å². The van der Waals surface area contributed by atoms with Crippen LogP contribution in [0.4, 0.5) is 0 Å². The molecule has 1 aromatic carbocycles. The van der Waals surface area contributed by atoms with Crippen molar-refractivity contribution < 1.29 is 22.7 Å². The fourth-order valence-corrected chi connectivity index (χ4v) is 3.19. The van der Waals surface area contributed by atoms with Gasteiger partial charge in [-0.3, -0.25) is 4.79 Å². The van der Waals surface area contributed by atoms with Gasteiger partial charge in [-0.2, -0.15) is 0 Å². The van der Waals surface area contributed by atoms with Crippen LogP contribution in [0.15, 0.2) is 29.2 Å². The lowest BCUT2D eigenvalue weighted by molar-refractivity contribution is -0.129. The normalized spacial score (nSPS) is 13.8. The summed E-state index contributed by atoms with van der Waals surface area (Å²) in [5.41, 5.74) is 0.178. The highest BCUT2D eigenvalue weighted by Gasteiger charge is 2.20. The third kappa shape index (κ3) is 6.47. The van der Waals surface area contributed by atoms with Gasteiger partial charge in [0.25, 0.3) is 5.91 Å². The van der Waals surface area contributed by atoms with Crippen LogP contribution in [0.25, 0.3) is 0 Å². The number of rotatable bonds is 9. The first kappa shape index (κ1) is 21.1. The van der Waals surface area contributed by atoms with Crippen molar-refractivity contribution in [2.24, 2.45) is 0 Å². The smallest absolute Gasteiger partial charge is 0.338 e. The summed E-state index contributed by atoms with van der Waals surface area (Å²) in [6.07, 6.45) is 0.531. The van der Waals surface area contributed by atoms with Crippen LogP contribution in [0.1, 0.15) is 50.9 Å². The molecule has 1 rings (SSSR count). The Labute approximate surface area is 149 Å². The second-order valence-electron chi connectivity index (χ2n) is 5.79. The maximum absolute atomic E-state index is 12.2. The first-order valence-corrected chi connectivity index (χ1v) is 9.80. The zero-order valence-electron chi connectivity index (χ0n) is 15.0. The van der Waals surface area contributed by atoms with Gasteiger partial charge in [0.1, 0.15) is 0 Å². The molecule has 0 saturated heterocycles. The number of benzene rings is 1. The fraction of sp³-hybridized carbons (Fsp3) is 0.529. The van der Waals surface area contributed by atoms with Crippen LogP contribution in [0.5, 0.6) is 0 Å². The van der Waals surface area contributed by atoms with E-state index in [9.17, 15) is 18.0 Å². The summed E-state index contributed by atoms with van der Waals surface area (Å²) < 4.78 is 32.0. The molecule has 0 aliphatic carbocycles. The topological polar surface area (TPSA) is 102 Å². The Kier molecular flexibility index (Phi) is 8.05. The molecule has 1 aromatic rings. The number of esters is 1. The van der Waals surface area contributed by atoms with Crippen molar-refractivity contribution >= 4 is 21.9 Å². The summed E-state index contributed by atoms with van der Waals surface area (Å²) in [5, 5.41) is 2.64. The van der Waals surface area contributed by atoms with E-state index in [1.807, 2.05) is 13.8 Å². The number of carbonyl (C=O) groups is 2. The Morgan fingerprint density at radius 1 is 1.12 bits per heavy atom. The lowest BCUT2D eigenvalue weighted by Crippen LogP contribution is -2.36. The molecular weight excluding hydrogens is 344 g/mol. The van der Waals surface area contributed by atoms with E-state index >= 15 is 0 Å². The number of carbonyl (C=O) groups excluding carboxylic acids is 2. The monoisotopic (exact) mass is 370 g/mol. The van der Waals surface area contributed by atoms with Crippen molar-refractivity contribution in [3.05, 3.63) is 29.8 Å². The van der Waals surface area contributed by atoms with E-state index in [4.69, 9.17) is 4.74 Å². The van der Waals surface area contributed by atoms with Crippen LogP contribution >= 0.6 is 0 Å². The molecule has 25 heavy (non-hydrogen) atoms. The van der Waals surface area contributed by atoms with E-state index in [1.54, 1.807) is 6.92 Å². The molecule has 0 unspecified atom stereocenters. The molecule has 0 radical (unpaired) electrons. The van der Waals surface area contributed by atoms with Gasteiger partial charge in [0, 0.05) is 12.6 Å². The Morgan fingerprint density at radius 3 is 2.24 bits per heavy atom. The summed E-state index contributed by atoms with van der Waals surface area (Å²) >= 11 is 0. The molecule has 0 spiro atoms. The molecule has 0 fully saturated rings. The molecule has 7 nitrogen and oxygen atoms in total. The van der Waals surface area contributed by atoms with E-state index in [1.165, 1.54) is 31.2 Å². The summed E-state index contributed by atoms with van der Waals surface area (Å²) in [7, 11) is -3.63. The Balaban J connectivity index is 2.75. The van der Waals surface area contributed by atoms with Gasteiger partial charge < -0.3 is 10.1 Å². The van der Waals surface area contributed by atoms with Gasteiger partial charge in [-0.05, 0) is 51.0 Å². The van der Waals surface area contributed by atoms with E-state index in [0.717, 1.165) is 6.42 Å². The van der Waals surface area contributed by atoms with E-state index in [-0.39, 0.29) is 22.4 Å². The van der Waals surface area contributed by atoms with Crippen molar-refractivity contribution in [3.63, 3.8) is 0 Å².